The van der Waals surface area contributed by atoms with Crippen molar-refractivity contribution in [2.75, 3.05) is 6.54 Å². The molecule has 2 amide bonds. The minimum atomic E-state index is -0.587. The Bertz CT molecular complexity index is 294. The lowest BCUT2D eigenvalue weighted by molar-refractivity contribution is -0.128. The molecule has 0 aliphatic carbocycles. The Hall–Kier alpha value is -1.10. The number of nitrogens with two attached hydrogens (primary N) is 1. The summed E-state index contributed by atoms with van der Waals surface area (Å²) in [5.74, 6) is -0.467. The van der Waals surface area contributed by atoms with Gasteiger partial charge in [-0.25, -0.2) is 0 Å². The monoisotopic (exact) mass is 227 g/mol. The Labute approximate surface area is 96.1 Å². The molecule has 0 saturated carbocycles. The SMILES string of the molecule is CC(C)(CC(N)=O)NC(=O)C1(C)CCCN1. The van der Waals surface area contributed by atoms with E-state index in [2.05, 4.69) is 10.6 Å². The second kappa shape index (κ2) is 4.41. The lowest BCUT2D eigenvalue weighted by Crippen LogP contribution is -2.57. The Kier molecular flexibility index (Phi) is 3.57. The van der Waals surface area contributed by atoms with Crippen LogP contribution in [0.15, 0.2) is 0 Å². The number of carbonyl (C=O) groups is 2. The van der Waals surface area contributed by atoms with Crippen LogP contribution in [0.25, 0.3) is 0 Å². The average molecular weight is 227 g/mol. The first kappa shape index (κ1) is 13.0. The molecule has 0 radical (unpaired) electrons. The number of amides is 2. The van der Waals surface area contributed by atoms with Crippen molar-refractivity contribution >= 4 is 11.8 Å². The minimum absolute atomic E-state index is 0.0590. The first-order valence-electron chi connectivity index (χ1n) is 5.61. The van der Waals surface area contributed by atoms with Crippen molar-refractivity contribution in [1.29, 1.82) is 0 Å². The van der Waals surface area contributed by atoms with Crippen LogP contribution in [0, 0.1) is 0 Å². The van der Waals surface area contributed by atoms with E-state index < -0.39 is 17.0 Å². The fourth-order valence-corrected chi connectivity index (χ4v) is 2.01. The summed E-state index contributed by atoms with van der Waals surface area (Å²) >= 11 is 0. The lowest BCUT2D eigenvalue weighted by Gasteiger charge is -2.31. The molecule has 0 aromatic heterocycles. The molecule has 0 aromatic rings. The summed E-state index contributed by atoms with van der Waals surface area (Å²) in [6, 6.07) is 0. The fourth-order valence-electron chi connectivity index (χ4n) is 2.01. The summed E-state index contributed by atoms with van der Waals surface area (Å²) < 4.78 is 0. The first-order chi connectivity index (χ1) is 7.25. The topological polar surface area (TPSA) is 84.2 Å². The smallest absolute Gasteiger partial charge is 0.240 e. The van der Waals surface area contributed by atoms with E-state index >= 15 is 0 Å². The second-order valence-corrected chi connectivity index (χ2v) is 5.34. The molecule has 1 fully saturated rings. The van der Waals surface area contributed by atoms with Crippen LogP contribution in [0.2, 0.25) is 0 Å². The number of carbonyl (C=O) groups excluding carboxylic acids is 2. The lowest BCUT2D eigenvalue weighted by atomic mass is 9.94. The van der Waals surface area contributed by atoms with Gasteiger partial charge >= 0.3 is 0 Å². The molecule has 1 atom stereocenters. The number of primary amides is 1. The third-order valence-electron chi connectivity index (χ3n) is 2.94. The van der Waals surface area contributed by atoms with Crippen molar-refractivity contribution < 1.29 is 9.59 Å². The Balaban J connectivity index is 2.59. The second-order valence-electron chi connectivity index (χ2n) is 5.34. The molecule has 0 aromatic carbocycles. The maximum absolute atomic E-state index is 12.0. The molecule has 4 N–H and O–H groups in total. The van der Waals surface area contributed by atoms with Crippen molar-refractivity contribution in [1.82, 2.24) is 10.6 Å². The number of hydrogen-bond donors (Lipinski definition) is 3. The molecule has 1 aliphatic rings. The van der Waals surface area contributed by atoms with Crippen LogP contribution in [0.1, 0.15) is 40.0 Å². The van der Waals surface area contributed by atoms with Gasteiger partial charge in [-0.2, -0.15) is 0 Å². The van der Waals surface area contributed by atoms with Crippen LogP contribution in [-0.2, 0) is 9.59 Å². The highest BCUT2D eigenvalue weighted by atomic mass is 16.2. The zero-order valence-electron chi connectivity index (χ0n) is 10.2. The normalized spacial score (nSPS) is 25.4. The predicted molar refractivity (Wildman–Crippen MR) is 61.7 cm³/mol. The molecule has 1 unspecified atom stereocenters. The molecule has 0 spiro atoms. The summed E-state index contributed by atoms with van der Waals surface area (Å²) in [6.07, 6.45) is 1.97. The highest BCUT2D eigenvalue weighted by Crippen LogP contribution is 2.20. The van der Waals surface area contributed by atoms with Gasteiger partial charge in [-0.15, -0.1) is 0 Å². The standard InChI is InChI=1S/C11H21N3O2/c1-10(2,7-8(12)15)14-9(16)11(3)5-4-6-13-11/h13H,4-7H2,1-3H3,(H2,12,15)(H,14,16). The summed E-state index contributed by atoms with van der Waals surface area (Å²) in [5.41, 5.74) is 4.04. The average Bonchev–Trinajstić information content (AvgIpc) is 2.49. The quantitative estimate of drug-likeness (QED) is 0.627. The third kappa shape index (κ3) is 3.20. The van der Waals surface area contributed by atoms with Gasteiger partial charge in [0.15, 0.2) is 0 Å². The molecule has 16 heavy (non-hydrogen) atoms. The molecule has 5 nitrogen and oxygen atoms in total. The Morgan fingerprint density at radius 2 is 2.12 bits per heavy atom. The number of rotatable bonds is 4. The van der Waals surface area contributed by atoms with Crippen molar-refractivity contribution in [3.05, 3.63) is 0 Å². The van der Waals surface area contributed by atoms with E-state index in [4.69, 9.17) is 5.73 Å². The predicted octanol–water partition coefficient (Wildman–Crippen LogP) is -0.101. The number of nitrogens with one attached hydrogen (secondary N) is 2. The summed E-state index contributed by atoms with van der Waals surface area (Å²) in [5, 5.41) is 6.05. The van der Waals surface area contributed by atoms with Crippen molar-refractivity contribution in [2.45, 2.75) is 51.1 Å². The molecule has 1 saturated heterocycles. The summed E-state index contributed by atoms with van der Waals surface area (Å²) in [7, 11) is 0. The van der Waals surface area contributed by atoms with Gasteiger partial charge in [-0.1, -0.05) is 0 Å². The van der Waals surface area contributed by atoms with Crippen molar-refractivity contribution in [2.24, 2.45) is 5.73 Å². The van der Waals surface area contributed by atoms with Crippen LogP contribution in [-0.4, -0.2) is 29.4 Å². The largest absolute Gasteiger partial charge is 0.370 e. The molecule has 92 valence electrons. The molecular formula is C11H21N3O2. The van der Waals surface area contributed by atoms with Crippen molar-refractivity contribution in [3.8, 4) is 0 Å². The van der Waals surface area contributed by atoms with Gasteiger partial charge in [-0.3, -0.25) is 9.59 Å². The highest BCUT2D eigenvalue weighted by molar-refractivity contribution is 5.87. The van der Waals surface area contributed by atoms with E-state index in [1.807, 2.05) is 6.92 Å². The maximum atomic E-state index is 12.0. The Morgan fingerprint density at radius 3 is 2.56 bits per heavy atom. The zero-order valence-corrected chi connectivity index (χ0v) is 10.2. The van der Waals surface area contributed by atoms with Gasteiger partial charge < -0.3 is 16.4 Å². The third-order valence-corrected chi connectivity index (χ3v) is 2.94. The van der Waals surface area contributed by atoms with E-state index in [-0.39, 0.29) is 12.3 Å². The molecule has 1 aliphatic heterocycles. The van der Waals surface area contributed by atoms with E-state index in [1.54, 1.807) is 13.8 Å². The van der Waals surface area contributed by atoms with Gasteiger partial charge in [0.05, 0.1) is 5.54 Å². The van der Waals surface area contributed by atoms with Crippen LogP contribution in [0.5, 0.6) is 0 Å². The van der Waals surface area contributed by atoms with Crippen LogP contribution < -0.4 is 16.4 Å². The molecule has 1 heterocycles. The molecule has 5 heteroatoms. The van der Waals surface area contributed by atoms with E-state index in [0.717, 1.165) is 19.4 Å². The van der Waals surface area contributed by atoms with Crippen LogP contribution in [0.4, 0.5) is 0 Å². The van der Waals surface area contributed by atoms with Crippen LogP contribution in [0.3, 0.4) is 0 Å². The number of hydrogen-bond acceptors (Lipinski definition) is 3. The van der Waals surface area contributed by atoms with Gasteiger partial charge in [0.25, 0.3) is 0 Å². The van der Waals surface area contributed by atoms with Gasteiger partial charge in [0.2, 0.25) is 11.8 Å². The summed E-state index contributed by atoms with van der Waals surface area (Å²) in [4.78, 5) is 22.9. The summed E-state index contributed by atoms with van der Waals surface area (Å²) in [6.45, 7) is 6.35. The maximum Gasteiger partial charge on any atom is 0.240 e. The van der Waals surface area contributed by atoms with E-state index in [0.29, 0.717) is 0 Å². The van der Waals surface area contributed by atoms with Gasteiger partial charge in [0.1, 0.15) is 0 Å². The van der Waals surface area contributed by atoms with Crippen molar-refractivity contribution in [3.63, 3.8) is 0 Å². The van der Waals surface area contributed by atoms with Gasteiger partial charge in [0, 0.05) is 12.0 Å². The first-order valence-corrected chi connectivity index (χ1v) is 5.61. The van der Waals surface area contributed by atoms with Crippen LogP contribution >= 0.6 is 0 Å². The van der Waals surface area contributed by atoms with E-state index in [1.165, 1.54) is 0 Å². The highest BCUT2D eigenvalue weighted by Gasteiger charge is 2.38. The van der Waals surface area contributed by atoms with Gasteiger partial charge in [-0.05, 0) is 40.2 Å². The van der Waals surface area contributed by atoms with E-state index in [9.17, 15) is 9.59 Å². The molecule has 1 rings (SSSR count). The molecular weight excluding hydrogens is 206 g/mol. The molecule has 0 bridgehead atoms. The Morgan fingerprint density at radius 1 is 1.50 bits per heavy atom. The minimum Gasteiger partial charge on any atom is -0.370 e. The zero-order chi connectivity index (χ0) is 12.4. The fraction of sp³-hybridized carbons (Fsp3) is 0.818.